The van der Waals surface area contributed by atoms with Crippen LogP contribution >= 0.6 is 15.9 Å². The molecule has 1 aliphatic carbocycles. The molecule has 1 fully saturated rings. The molecular weight excluding hydrogens is 302 g/mol. The second-order valence-electron chi connectivity index (χ2n) is 4.86. The Bertz CT molecular complexity index is 666. The molecule has 19 heavy (non-hydrogen) atoms. The minimum absolute atomic E-state index is 0.179. The van der Waals surface area contributed by atoms with Crippen LogP contribution in [0.2, 0.25) is 0 Å². The minimum atomic E-state index is 0.179. The van der Waals surface area contributed by atoms with Crippen LogP contribution in [0.15, 0.2) is 40.9 Å². The molecule has 0 unspecified atom stereocenters. The van der Waals surface area contributed by atoms with Gasteiger partial charge in [-0.3, -0.25) is 0 Å². The summed E-state index contributed by atoms with van der Waals surface area (Å²) in [4.78, 5) is 0. The maximum absolute atomic E-state index is 10.1. The lowest BCUT2D eigenvalue weighted by atomic mass is 10.00. The van der Waals surface area contributed by atoms with E-state index in [9.17, 15) is 5.11 Å². The van der Waals surface area contributed by atoms with Crippen molar-refractivity contribution in [3.8, 4) is 22.9 Å². The van der Waals surface area contributed by atoms with Gasteiger partial charge in [-0.2, -0.15) is 5.26 Å². The van der Waals surface area contributed by atoms with E-state index in [0.29, 0.717) is 15.6 Å². The standard InChI is InChI=1S/C16H12BrNO/c17-15-8-10(9-18)7-14(16(15)19)13-5-3-12(4-6-13)11-1-2-11/h3-8,11,19H,1-2H2. The number of benzene rings is 2. The SMILES string of the molecule is N#Cc1cc(Br)c(O)c(-c2ccc(C3CC3)cc2)c1. The van der Waals surface area contributed by atoms with Gasteiger partial charge in [0, 0.05) is 5.56 Å². The highest BCUT2D eigenvalue weighted by Crippen LogP contribution is 2.41. The van der Waals surface area contributed by atoms with Gasteiger partial charge in [-0.15, -0.1) is 0 Å². The molecule has 0 atom stereocenters. The molecule has 1 saturated carbocycles. The monoisotopic (exact) mass is 313 g/mol. The summed E-state index contributed by atoms with van der Waals surface area (Å²) in [6.45, 7) is 0. The number of hydrogen-bond donors (Lipinski definition) is 1. The number of aromatic hydroxyl groups is 1. The Kier molecular flexibility index (Phi) is 3.04. The highest BCUT2D eigenvalue weighted by Gasteiger charge is 2.23. The van der Waals surface area contributed by atoms with Crippen molar-refractivity contribution < 1.29 is 5.11 Å². The smallest absolute Gasteiger partial charge is 0.137 e. The zero-order valence-corrected chi connectivity index (χ0v) is 11.8. The lowest BCUT2D eigenvalue weighted by Crippen LogP contribution is -1.85. The molecular formula is C16H12BrNO. The van der Waals surface area contributed by atoms with Crippen molar-refractivity contribution in [2.75, 3.05) is 0 Å². The van der Waals surface area contributed by atoms with Crippen molar-refractivity contribution in [3.63, 3.8) is 0 Å². The predicted molar refractivity (Wildman–Crippen MR) is 77.9 cm³/mol. The topological polar surface area (TPSA) is 44.0 Å². The third-order valence-corrected chi connectivity index (χ3v) is 4.07. The van der Waals surface area contributed by atoms with Gasteiger partial charge in [0.1, 0.15) is 5.75 Å². The van der Waals surface area contributed by atoms with E-state index < -0.39 is 0 Å². The first-order chi connectivity index (χ1) is 9.19. The molecule has 3 rings (SSSR count). The maximum Gasteiger partial charge on any atom is 0.137 e. The summed E-state index contributed by atoms with van der Waals surface area (Å²) < 4.78 is 0.549. The molecule has 0 amide bonds. The number of nitriles is 1. The molecule has 2 nitrogen and oxygen atoms in total. The molecule has 1 N–H and O–H groups in total. The Morgan fingerprint density at radius 2 is 1.84 bits per heavy atom. The molecule has 2 aromatic rings. The normalized spacial score (nSPS) is 14.1. The van der Waals surface area contributed by atoms with Crippen molar-refractivity contribution in [1.29, 1.82) is 5.26 Å². The molecule has 0 saturated heterocycles. The fourth-order valence-electron chi connectivity index (χ4n) is 2.24. The van der Waals surface area contributed by atoms with Gasteiger partial charge in [-0.25, -0.2) is 0 Å². The van der Waals surface area contributed by atoms with Gasteiger partial charge in [0.05, 0.1) is 16.1 Å². The van der Waals surface area contributed by atoms with E-state index in [2.05, 4.69) is 34.1 Å². The lowest BCUT2D eigenvalue weighted by Gasteiger charge is -2.08. The third kappa shape index (κ3) is 2.36. The second kappa shape index (κ2) is 4.71. The van der Waals surface area contributed by atoms with Crippen LogP contribution in [0.25, 0.3) is 11.1 Å². The molecule has 0 bridgehead atoms. The van der Waals surface area contributed by atoms with Gasteiger partial charge in [-0.1, -0.05) is 24.3 Å². The Labute approximate surface area is 120 Å². The summed E-state index contributed by atoms with van der Waals surface area (Å²) in [6, 6.07) is 13.7. The number of phenols is 1. The average Bonchev–Trinajstić information content (AvgIpc) is 3.26. The summed E-state index contributed by atoms with van der Waals surface area (Å²) in [7, 11) is 0. The van der Waals surface area contributed by atoms with Gasteiger partial charge >= 0.3 is 0 Å². The summed E-state index contributed by atoms with van der Waals surface area (Å²) in [6.07, 6.45) is 2.56. The lowest BCUT2D eigenvalue weighted by molar-refractivity contribution is 0.474. The molecule has 1 aliphatic rings. The van der Waals surface area contributed by atoms with E-state index in [0.717, 1.165) is 11.5 Å². The van der Waals surface area contributed by atoms with Gasteiger partial charge in [-0.05, 0) is 57.9 Å². The molecule has 2 aromatic carbocycles. The second-order valence-corrected chi connectivity index (χ2v) is 5.72. The van der Waals surface area contributed by atoms with E-state index in [-0.39, 0.29) is 5.75 Å². The fraction of sp³-hybridized carbons (Fsp3) is 0.188. The van der Waals surface area contributed by atoms with Crippen molar-refractivity contribution >= 4 is 15.9 Å². The van der Waals surface area contributed by atoms with Crippen LogP contribution in [0.5, 0.6) is 5.75 Å². The van der Waals surface area contributed by atoms with E-state index in [1.807, 2.05) is 12.1 Å². The quantitative estimate of drug-likeness (QED) is 0.882. The molecule has 3 heteroatoms. The van der Waals surface area contributed by atoms with Crippen LogP contribution in [0, 0.1) is 11.3 Å². The van der Waals surface area contributed by atoms with Crippen molar-refractivity contribution in [1.82, 2.24) is 0 Å². The van der Waals surface area contributed by atoms with Gasteiger partial charge in [0.15, 0.2) is 0 Å². The fourth-order valence-corrected chi connectivity index (χ4v) is 2.70. The summed E-state index contributed by atoms with van der Waals surface area (Å²) in [5, 5.41) is 19.1. The molecule has 0 aliphatic heterocycles. The van der Waals surface area contributed by atoms with E-state index in [4.69, 9.17) is 5.26 Å². The van der Waals surface area contributed by atoms with Crippen molar-refractivity contribution in [3.05, 3.63) is 52.0 Å². The summed E-state index contributed by atoms with van der Waals surface area (Å²) in [5.74, 6) is 0.901. The van der Waals surface area contributed by atoms with E-state index >= 15 is 0 Å². The highest BCUT2D eigenvalue weighted by molar-refractivity contribution is 9.10. The van der Waals surface area contributed by atoms with Crippen LogP contribution in [0.1, 0.15) is 29.9 Å². The molecule has 0 aromatic heterocycles. The van der Waals surface area contributed by atoms with E-state index in [1.54, 1.807) is 12.1 Å². The zero-order valence-electron chi connectivity index (χ0n) is 10.2. The van der Waals surface area contributed by atoms with Crippen LogP contribution in [-0.4, -0.2) is 5.11 Å². The van der Waals surface area contributed by atoms with Crippen LogP contribution in [0.4, 0.5) is 0 Å². The Balaban J connectivity index is 2.05. The number of rotatable bonds is 2. The van der Waals surface area contributed by atoms with Crippen LogP contribution < -0.4 is 0 Å². The number of nitrogens with zero attached hydrogens (tertiary/aromatic N) is 1. The minimum Gasteiger partial charge on any atom is -0.506 e. The van der Waals surface area contributed by atoms with E-state index in [1.165, 1.54) is 18.4 Å². The molecule has 0 spiro atoms. The van der Waals surface area contributed by atoms with Crippen LogP contribution in [-0.2, 0) is 0 Å². The third-order valence-electron chi connectivity index (χ3n) is 3.46. The average molecular weight is 314 g/mol. The summed E-state index contributed by atoms with van der Waals surface area (Å²) >= 11 is 3.28. The largest absolute Gasteiger partial charge is 0.506 e. The number of phenolic OH excluding ortho intramolecular Hbond substituents is 1. The first-order valence-electron chi connectivity index (χ1n) is 6.22. The van der Waals surface area contributed by atoms with Gasteiger partial charge < -0.3 is 5.11 Å². The zero-order chi connectivity index (χ0) is 13.4. The Hall–Kier alpha value is -1.79. The number of hydrogen-bond acceptors (Lipinski definition) is 2. The van der Waals surface area contributed by atoms with Crippen molar-refractivity contribution in [2.24, 2.45) is 0 Å². The Morgan fingerprint density at radius 3 is 2.42 bits per heavy atom. The maximum atomic E-state index is 10.1. The van der Waals surface area contributed by atoms with Gasteiger partial charge in [0.2, 0.25) is 0 Å². The van der Waals surface area contributed by atoms with Gasteiger partial charge in [0.25, 0.3) is 0 Å². The molecule has 94 valence electrons. The first kappa shape index (κ1) is 12.3. The molecule has 0 heterocycles. The van der Waals surface area contributed by atoms with Crippen LogP contribution in [0.3, 0.4) is 0 Å². The molecule has 0 radical (unpaired) electrons. The highest BCUT2D eigenvalue weighted by atomic mass is 79.9. The first-order valence-corrected chi connectivity index (χ1v) is 7.01. The Morgan fingerprint density at radius 1 is 1.16 bits per heavy atom. The summed E-state index contributed by atoms with van der Waals surface area (Å²) in [5.41, 5.74) is 3.51. The number of halogens is 1. The van der Waals surface area contributed by atoms with Crippen molar-refractivity contribution in [2.45, 2.75) is 18.8 Å². The predicted octanol–water partition coefficient (Wildman–Crippen LogP) is 4.57.